The number of amides is 1. The predicted octanol–water partition coefficient (Wildman–Crippen LogP) is 1.56. The number of anilines is 1. The van der Waals surface area contributed by atoms with Crippen LogP contribution in [-0.4, -0.2) is 29.1 Å². The van der Waals surface area contributed by atoms with Gasteiger partial charge in [-0.1, -0.05) is 12.1 Å². The van der Waals surface area contributed by atoms with E-state index in [2.05, 4.69) is 10.3 Å². The molecule has 2 aromatic rings. The van der Waals surface area contributed by atoms with Crippen molar-refractivity contribution >= 4 is 17.9 Å². The van der Waals surface area contributed by atoms with Crippen molar-refractivity contribution in [3.05, 3.63) is 41.8 Å². The molecule has 1 heterocycles. The molecule has 7 heteroatoms. The molecule has 0 spiro atoms. The molecule has 2 N–H and O–H groups in total. The van der Waals surface area contributed by atoms with Crippen LogP contribution in [0.1, 0.15) is 16.1 Å². The van der Waals surface area contributed by atoms with Gasteiger partial charge in [-0.25, -0.2) is 9.78 Å². The highest BCUT2D eigenvalue weighted by Crippen LogP contribution is 2.13. The Hall–Kier alpha value is -2.83. The highest BCUT2D eigenvalue weighted by molar-refractivity contribution is 5.91. The summed E-state index contributed by atoms with van der Waals surface area (Å²) in [7, 11) is 1.56. The molecule has 20 heavy (non-hydrogen) atoms. The lowest BCUT2D eigenvalue weighted by molar-refractivity contribution is -0.115. The number of hydrogen-bond donors (Lipinski definition) is 2. The average molecular weight is 276 g/mol. The van der Waals surface area contributed by atoms with Crippen molar-refractivity contribution in [2.75, 3.05) is 12.4 Å². The fraction of sp³-hybridized carbons (Fsp3) is 0.154. The molecule has 7 nitrogen and oxygen atoms in total. The number of methoxy groups -OCH3 is 1. The molecule has 0 aliphatic carbocycles. The Balaban J connectivity index is 1.95. The van der Waals surface area contributed by atoms with Crippen molar-refractivity contribution in [3.8, 4) is 5.75 Å². The van der Waals surface area contributed by atoms with E-state index in [1.54, 1.807) is 31.4 Å². The summed E-state index contributed by atoms with van der Waals surface area (Å²) in [6.07, 6.45) is 1.15. The highest BCUT2D eigenvalue weighted by atomic mass is 16.5. The number of carboxylic acid groups (broad SMARTS) is 1. The van der Waals surface area contributed by atoms with Crippen molar-refractivity contribution in [2.24, 2.45) is 0 Å². The average Bonchev–Trinajstić information content (AvgIpc) is 2.88. The molecule has 0 unspecified atom stereocenters. The Morgan fingerprint density at radius 3 is 2.60 bits per heavy atom. The molecule has 0 aliphatic heterocycles. The fourth-order valence-corrected chi connectivity index (χ4v) is 1.52. The molecule has 0 bridgehead atoms. The Labute approximate surface area is 114 Å². The van der Waals surface area contributed by atoms with E-state index in [0.717, 1.165) is 11.8 Å². The van der Waals surface area contributed by atoms with Crippen molar-refractivity contribution in [2.45, 2.75) is 6.42 Å². The van der Waals surface area contributed by atoms with E-state index in [9.17, 15) is 9.59 Å². The van der Waals surface area contributed by atoms with Gasteiger partial charge in [0.05, 0.1) is 19.7 Å². The summed E-state index contributed by atoms with van der Waals surface area (Å²) < 4.78 is 9.84. The summed E-state index contributed by atoms with van der Waals surface area (Å²) in [5.74, 6) is -1.22. The molecule has 0 saturated heterocycles. The molecule has 0 fully saturated rings. The van der Waals surface area contributed by atoms with Crippen LogP contribution >= 0.6 is 0 Å². The summed E-state index contributed by atoms with van der Waals surface area (Å²) in [5, 5.41) is 11.0. The monoisotopic (exact) mass is 276 g/mol. The second kappa shape index (κ2) is 5.87. The number of carboxylic acids is 1. The van der Waals surface area contributed by atoms with E-state index in [1.165, 1.54) is 0 Å². The molecule has 1 aromatic carbocycles. The van der Waals surface area contributed by atoms with E-state index in [-0.39, 0.29) is 24.1 Å². The topological polar surface area (TPSA) is 102 Å². The van der Waals surface area contributed by atoms with Gasteiger partial charge in [0.2, 0.25) is 11.7 Å². The van der Waals surface area contributed by atoms with Gasteiger partial charge in [-0.2, -0.15) is 0 Å². The molecule has 2 rings (SSSR count). The van der Waals surface area contributed by atoms with Crippen LogP contribution in [0.3, 0.4) is 0 Å². The molecule has 1 amide bonds. The molecule has 0 radical (unpaired) electrons. The van der Waals surface area contributed by atoms with Gasteiger partial charge in [-0.3, -0.25) is 10.1 Å². The number of carbonyl (C=O) groups excluding carboxylic acids is 1. The number of aromatic carboxylic acids is 1. The minimum absolute atomic E-state index is 0.120. The van der Waals surface area contributed by atoms with E-state index < -0.39 is 5.97 Å². The molecular weight excluding hydrogens is 264 g/mol. The second-order valence-corrected chi connectivity index (χ2v) is 3.91. The van der Waals surface area contributed by atoms with Crippen LogP contribution in [0.4, 0.5) is 6.01 Å². The van der Waals surface area contributed by atoms with Gasteiger partial charge in [-0.05, 0) is 17.7 Å². The number of hydrogen-bond acceptors (Lipinski definition) is 5. The maximum atomic E-state index is 11.7. The van der Waals surface area contributed by atoms with Gasteiger partial charge in [0.15, 0.2) is 0 Å². The molecule has 1 aromatic heterocycles. The number of oxazole rings is 1. The summed E-state index contributed by atoms with van der Waals surface area (Å²) in [4.78, 5) is 26.0. The van der Waals surface area contributed by atoms with Crippen LogP contribution in [0.25, 0.3) is 0 Å². The first-order valence-corrected chi connectivity index (χ1v) is 5.70. The Morgan fingerprint density at radius 1 is 1.35 bits per heavy atom. The predicted molar refractivity (Wildman–Crippen MR) is 68.8 cm³/mol. The van der Waals surface area contributed by atoms with Crippen molar-refractivity contribution in [1.82, 2.24) is 4.98 Å². The lowest BCUT2D eigenvalue weighted by atomic mass is 10.1. The Bertz CT molecular complexity index is 618. The van der Waals surface area contributed by atoms with Gasteiger partial charge in [0, 0.05) is 0 Å². The highest BCUT2D eigenvalue weighted by Gasteiger charge is 2.12. The summed E-state index contributed by atoms with van der Waals surface area (Å²) in [6.45, 7) is 0. The van der Waals surface area contributed by atoms with Gasteiger partial charge in [0.1, 0.15) is 5.75 Å². The first-order chi connectivity index (χ1) is 9.58. The van der Waals surface area contributed by atoms with Crippen LogP contribution in [0.5, 0.6) is 5.75 Å². The van der Waals surface area contributed by atoms with Gasteiger partial charge in [0.25, 0.3) is 0 Å². The number of aromatic nitrogens is 1. The van der Waals surface area contributed by atoms with Crippen LogP contribution in [0.15, 0.2) is 34.9 Å². The van der Waals surface area contributed by atoms with E-state index in [0.29, 0.717) is 5.75 Å². The van der Waals surface area contributed by atoms with Crippen LogP contribution in [-0.2, 0) is 11.2 Å². The zero-order chi connectivity index (χ0) is 14.5. The fourth-order valence-electron chi connectivity index (χ4n) is 1.52. The zero-order valence-electron chi connectivity index (χ0n) is 10.6. The third-order valence-corrected chi connectivity index (χ3v) is 2.49. The molecular formula is C13H12N2O5. The quantitative estimate of drug-likeness (QED) is 0.859. The lowest BCUT2D eigenvalue weighted by Gasteiger charge is -2.03. The zero-order valence-corrected chi connectivity index (χ0v) is 10.6. The van der Waals surface area contributed by atoms with Crippen LogP contribution < -0.4 is 10.1 Å². The van der Waals surface area contributed by atoms with Crippen molar-refractivity contribution in [3.63, 3.8) is 0 Å². The first-order valence-electron chi connectivity index (χ1n) is 5.70. The number of nitrogens with zero attached hydrogens (tertiary/aromatic N) is 1. The van der Waals surface area contributed by atoms with E-state index >= 15 is 0 Å². The standard InChI is InChI=1S/C13H12N2O5/c1-19-9-4-2-8(3-5-9)6-11(16)15-13-14-7-10(20-13)12(17)18/h2-5,7H,6H2,1H3,(H,17,18)(H,14,15,16). The molecule has 104 valence electrons. The molecule has 0 aliphatic rings. The third kappa shape index (κ3) is 3.35. The first kappa shape index (κ1) is 13.6. The number of nitrogens with one attached hydrogen (secondary N) is 1. The van der Waals surface area contributed by atoms with Crippen molar-refractivity contribution in [1.29, 1.82) is 0 Å². The van der Waals surface area contributed by atoms with Gasteiger partial charge in [-0.15, -0.1) is 0 Å². The van der Waals surface area contributed by atoms with Crippen LogP contribution in [0, 0.1) is 0 Å². The smallest absolute Gasteiger partial charge is 0.373 e. The summed E-state index contributed by atoms with van der Waals surface area (Å²) in [6, 6.07) is 6.88. The molecule has 0 atom stereocenters. The minimum atomic E-state index is -1.24. The van der Waals surface area contributed by atoms with Gasteiger partial charge >= 0.3 is 12.0 Å². The van der Waals surface area contributed by atoms with E-state index in [4.69, 9.17) is 14.3 Å². The normalized spacial score (nSPS) is 10.1. The largest absolute Gasteiger partial charge is 0.497 e. The molecule has 0 saturated carbocycles. The summed E-state index contributed by atoms with van der Waals surface area (Å²) in [5.41, 5.74) is 0.785. The Morgan fingerprint density at radius 2 is 2.05 bits per heavy atom. The van der Waals surface area contributed by atoms with Crippen LogP contribution in [0.2, 0.25) is 0 Å². The Kier molecular flexibility index (Phi) is 3.99. The summed E-state index contributed by atoms with van der Waals surface area (Å²) >= 11 is 0. The maximum Gasteiger partial charge on any atom is 0.373 e. The number of benzene rings is 1. The number of ether oxygens (including phenoxy) is 1. The second-order valence-electron chi connectivity index (χ2n) is 3.91. The number of rotatable bonds is 5. The maximum absolute atomic E-state index is 11.7. The third-order valence-electron chi connectivity index (χ3n) is 2.49. The van der Waals surface area contributed by atoms with Gasteiger partial charge < -0.3 is 14.3 Å². The lowest BCUT2D eigenvalue weighted by Crippen LogP contribution is -2.14. The number of carbonyl (C=O) groups is 2. The van der Waals surface area contributed by atoms with E-state index in [1.807, 2.05) is 0 Å². The van der Waals surface area contributed by atoms with Crippen molar-refractivity contribution < 1.29 is 23.8 Å². The minimum Gasteiger partial charge on any atom is -0.497 e. The SMILES string of the molecule is COc1ccc(CC(=O)Nc2ncc(C(=O)O)o2)cc1.